The number of carbonyl (C=O) groups excluding carboxylic acids is 3. The standard InChI is InChI=1S/C16H17NO7S/c1-8(15(20)24-4)17-14(19)12(25-16(17)21)7-9-5-10(22-2)13(18)11(6-9)23-3/h5-8,18H,1-4H3/b12-7+/t8-/m0/s1. The largest absolute Gasteiger partial charge is 0.502 e. The van der Waals surface area contributed by atoms with Crippen LogP contribution in [0.1, 0.15) is 12.5 Å². The molecule has 1 saturated heterocycles. The Hall–Kier alpha value is -2.68. The summed E-state index contributed by atoms with van der Waals surface area (Å²) in [6.45, 7) is 1.41. The highest BCUT2D eigenvalue weighted by Crippen LogP contribution is 2.39. The van der Waals surface area contributed by atoms with Gasteiger partial charge in [-0.2, -0.15) is 0 Å². The van der Waals surface area contributed by atoms with Crippen LogP contribution in [0.2, 0.25) is 0 Å². The van der Waals surface area contributed by atoms with Crippen molar-refractivity contribution < 1.29 is 33.7 Å². The van der Waals surface area contributed by atoms with E-state index in [2.05, 4.69) is 4.74 Å². The number of phenols is 1. The normalized spacial score (nSPS) is 17.0. The fourth-order valence-corrected chi connectivity index (χ4v) is 3.15. The lowest BCUT2D eigenvalue weighted by molar-refractivity contribution is -0.148. The Morgan fingerprint density at radius 2 is 1.76 bits per heavy atom. The Morgan fingerprint density at radius 3 is 2.24 bits per heavy atom. The molecule has 134 valence electrons. The Balaban J connectivity index is 2.38. The molecule has 1 aliphatic rings. The lowest BCUT2D eigenvalue weighted by Crippen LogP contribution is -2.42. The number of esters is 1. The van der Waals surface area contributed by atoms with Gasteiger partial charge in [0.2, 0.25) is 5.75 Å². The van der Waals surface area contributed by atoms with E-state index in [-0.39, 0.29) is 22.2 Å². The van der Waals surface area contributed by atoms with E-state index < -0.39 is 23.2 Å². The monoisotopic (exact) mass is 367 g/mol. The smallest absolute Gasteiger partial charge is 0.328 e. The minimum absolute atomic E-state index is 0.135. The molecule has 1 aromatic carbocycles. The minimum atomic E-state index is -1.02. The van der Waals surface area contributed by atoms with Gasteiger partial charge in [0.15, 0.2) is 11.5 Å². The van der Waals surface area contributed by atoms with Crippen molar-refractivity contribution in [3.8, 4) is 17.2 Å². The highest BCUT2D eigenvalue weighted by Gasteiger charge is 2.41. The molecule has 1 heterocycles. The fourth-order valence-electron chi connectivity index (χ4n) is 2.24. The number of hydrogen-bond donors (Lipinski definition) is 1. The quantitative estimate of drug-likeness (QED) is 0.623. The first-order chi connectivity index (χ1) is 11.8. The number of ether oxygens (including phenoxy) is 3. The first-order valence-corrected chi connectivity index (χ1v) is 7.95. The first kappa shape index (κ1) is 18.7. The van der Waals surface area contributed by atoms with Crippen LogP contribution in [0, 0.1) is 0 Å². The zero-order valence-corrected chi connectivity index (χ0v) is 14.9. The van der Waals surface area contributed by atoms with Crippen molar-refractivity contribution in [1.82, 2.24) is 4.90 Å². The average Bonchev–Trinajstić information content (AvgIpc) is 2.88. The van der Waals surface area contributed by atoms with Gasteiger partial charge in [0.1, 0.15) is 6.04 Å². The van der Waals surface area contributed by atoms with Crippen LogP contribution in [-0.4, -0.2) is 54.5 Å². The molecule has 0 aromatic heterocycles. The molecule has 1 aromatic rings. The number of amides is 2. The fraction of sp³-hybridized carbons (Fsp3) is 0.312. The summed E-state index contributed by atoms with van der Waals surface area (Å²) in [5.41, 5.74) is 0.489. The van der Waals surface area contributed by atoms with Gasteiger partial charge in [-0.15, -0.1) is 0 Å². The van der Waals surface area contributed by atoms with Gasteiger partial charge in [-0.05, 0) is 42.5 Å². The molecule has 0 aliphatic carbocycles. The van der Waals surface area contributed by atoms with Crippen molar-refractivity contribution in [3.63, 3.8) is 0 Å². The van der Waals surface area contributed by atoms with E-state index >= 15 is 0 Å². The molecular formula is C16H17NO7S. The molecule has 0 radical (unpaired) electrons. The molecule has 1 atom stereocenters. The second-order valence-electron chi connectivity index (χ2n) is 5.02. The second-order valence-corrected chi connectivity index (χ2v) is 6.02. The number of benzene rings is 1. The van der Waals surface area contributed by atoms with Crippen LogP contribution in [0.5, 0.6) is 17.2 Å². The molecule has 2 amide bonds. The van der Waals surface area contributed by atoms with Gasteiger partial charge in [-0.1, -0.05) is 0 Å². The van der Waals surface area contributed by atoms with E-state index in [4.69, 9.17) is 9.47 Å². The number of rotatable bonds is 5. The van der Waals surface area contributed by atoms with E-state index in [1.165, 1.54) is 46.5 Å². The third-order valence-electron chi connectivity index (χ3n) is 3.55. The van der Waals surface area contributed by atoms with Gasteiger partial charge in [0.25, 0.3) is 11.1 Å². The highest BCUT2D eigenvalue weighted by molar-refractivity contribution is 8.18. The summed E-state index contributed by atoms with van der Waals surface area (Å²) < 4.78 is 14.7. The molecule has 9 heteroatoms. The van der Waals surface area contributed by atoms with Crippen LogP contribution >= 0.6 is 11.8 Å². The van der Waals surface area contributed by atoms with Gasteiger partial charge in [-0.25, -0.2) is 4.79 Å². The summed E-state index contributed by atoms with van der Waals surface area (Å²) >= 11 is 0.711. The van der Waals surface area contributed by atoms with Crippen LogP contribution in [0.4, 0.5) is 4.79 Å². The molecule has 1 fully saturated rings. The summed E-state index contributed by atoms with van der Waals surface area (Å²) in [4.78, 5) is 37.1. The summed E-state index contributed by atoms with van der Waals surface area (Å²) in [6, 6.07) is 1.97. The van der Waals surface area contributed by atoms with Crippen LogP contribution < -0.4 is 9.47 Å². The molecule has 0 unspecified atom stereocenters. The molecule has 2 rings (SSSR count). The van der Waals surface area contributed by atoms with Crippen molar-refractivity contribution in [2.45, 2.75) is 13.0 Å². The van der Waals surface area contributed by atoms with Crippen molar-refractivity contribution in [1.29, 1.82) is 0 Å². The maximum atomic E-state index is 12.5. The predicted octanol–water partition coefficient (Wildman–Crippen LogP) is 2.01. The van der Waals surface area contributed by atoms with Gasteiger partial charge in [0.05, 0.1) is 26.2 Å². The van der Waals surface area contributed by atoms with E-state index in [0.29, 0.717) is 17.3 Å². The van der Waals surface area contributed by atoms with Crippen molar-refractivity contribution in [2.75, 3.05) is 21.3 Å². The van der Waals surface area contributed by atoms with Gasteiger partial charge in [0, 0.05) is 0 Å². The maximum absolute atomic E-state index is 12.5. The van der Waals surface area contributed by atoms with E-state index in [0.717, 1.165) is 4.90 Å². The number of methoxy groups -OCH3 is 3. The van der Waals surface area contributed by atoms with Gasteiger partial charge < -0.3 is 19.3 Å². The van der Waals surface area contributed by atoms with E-state index in [9.17, 15) is 19.5 Å². The topological polar surface area (TPSA) is 102 Å². The lowest BCUT2D eigenvalue weighted by atomic mass is 10.1. The average molecular weight is 367 g/mol. The van der Waals surface area contributed by atoms with E-state index in [1.807, 2.05) is 0 Å². The number of hydrogen-bond acceptors (Lipinski definition) is 8. The molecule has 25 heavy (non-hydrogen) atoms. The molecule has 0 saturated carbocycles. The Kier molecular flexibility index (Phi) is 5.58. The molecule has 0 bridgehead atoms. The second kappa shape index (κ2) is 7.47. The first-order valence-electron chi connectivity index (χ1n) is 7.13. The van der Waals surface area contributed by atoms with Crippen LogP contribution in [0.3, 0.4) is 0 Å². The molecule has 1 aliphatic heterocycles. The number of aromatic hydroxyl groups is 1. The number of phenolic OH excluding ortho intramolecular Hbond substituents is 1. The summed E-state index contributed by atoms with van der Waals surface area (Å²) in [5.74, 6) is -1.13. The third-order valence-corrected chi connectivity index (χ3v) is 4.44. The third kappa shape index (κ3) is 3.55. The summed E-state index contributed by atoms with van der Waals surface area (Å²) in [5, 5.41) is 9.35. The Morgan fingerprint density at radius 1 is 1.20 bits per heavy atom. The SMILES string of the molecule is COC(=O)[C@H](C)N1C(=O)S/C(=C/c2cc(OC)c(O)c(OC)c2)C1=O. The molecule has 8 nitrogen and oxygen atoms in total. The van der Waals surface area contributed by atoms with Gasteiger partial charge >= 0.3 is 5.97 Å². The highest BCUT2D eigenvalue weighted by atomic mass is 32.2. The number of nitrogens with zero attached hydrogens (tertiary/aromatic N) is 1. The van der Waals surface area contributed by atoms with Crippen LogP contribution in [0.25, 0.3) is 6.08 Å². The molecular weight excluding hydrogens is 350 g/mol. The lowest BCUT2D eigenvalue weighted by Gasteiger charge is -2.18. The van der Waals surface area contributed by atoms with E-state index in [1.54, 1.807) is 0 Å². The minimum Gasteiger partial charge on any atom is -0.502 e. The number of thioether (sulfide) groups is 1. The van der Waals surface area contributed by atoms with Crippen LogP contribution in [0.15, 0.2) is 17.0 Å². The maximum Gasteiger partial charge on any atom is 0.328 e. The number of imide groups is 1. The van der Waals surface area contributed by atoms with Crippen LogP contribution in [-0.2, 0) is 14.3 Å². The Bertz CT molecular complexity index is 734. The summed E-state index contributed by atoms with van der Waals surface area (Å²) in [7, 11) is 3.94. The summed E-state index contributed by atoms with van der Waals surface area (Å²) in [6.07, 6.45) is 1.46. The Labute approximate surface area is 148 Å². The van der Waals surface area contributed by atoms with Crippen molar-refractivity contribution in [3.05, 3.63) is 22.6 Å². The zero-order valence-electron chi connectivity index (χ0n) is 14.1. The number of carbonyl (C=O) groups is 3. The molecule has 0 spiro atoms. The van der Waals surface area contributed by atoms with Crippen molar-refractivity contribution >= 4 is 35.0 Å². The predicted molar refractivity (Wildman–Crippen MR) is 90.5 cm³/mol. The van der Waals surface area contributed by atoms with Gasteiger partial charge in [-0.3, -0.25) is 14.5 Å². The zero-order chi connectivity index (χ0) is 18.7. The van der Waals surface area contributed by atoms with Crippen molar-refractivity contribution in [2.24, 2.45) is 0 Å². The molecule has 1 N–H and O–H groups in total.